The minimum absolute atomic E-state index is 0.0175. The standard InChI is InChI=1S/C17H17N3O2/c21-17(7-4-12-22-15-5-2-1-3-6-15)19-14-8-9-16-18-10-11-20(16)13-14/h1-3,5-6,8-11,13H,4,7,12H2,(H,19,21). The van der Waals surface area contributed by atoms with Gasteiger partial charge < -0.3 is 14.5 Å². The number of hydrogen-bond acceptors (Lipinski definition) is 3. The normalized spacial score (nSPS) is 10.5. The first-order valence-corrected chi connectivity index (χ1v) is 7.22. The Morgan fingerprint density at radius 2 is 2.05 bits per heavy atom. The van der Waals surface area contributed by atoms with Crippen LogP contribution < -0.4 is 10.1 Å². The average Bonchev–Trinajstić information content (AvgIpc) is 3.00. The lowest BCUT2D eigenvalue weighted by Gasteiger charge is -2.07. The molecule has 0 bridgehead atoms. The van der Waals surface area contributed by atoms with Crippen LogP contribution in [0.25, 0.3) is 5.65 Å². The van der Waals surface area contributed by atoms with Gasteiger partial charge in [0.25, 0.3) is 0 Å². The number of rotatable bonds is 6. The second kappa shape index (κ2) is 6.76. The van der Waals surface area contributed by atoms with Crippen molar-refractivity contribution < 1.29 is 9.53 Å². The second-order valence-corrected chi connectivity index (χ2v) is 4.92. The lowest BCUT2D eigenvalue weighted by Crippen LogP contribution is -2.13. The Hall–Kier alpha value is -2.82. The van der Waals surface area contributed by atoms with E-state index in [2.05, 4.69) is 10.3 Å². The van der Waals surface area contributed by atoms with Gasteiger partial charge in [0.1, 0.15) is 11.4 Å². The van der Waals surface area contributed by atoms with Crippen molar-refractivity contribution in [2.45, 2.75) is 12.8 Å². The van der Waals surface area contributed by atoms with Crippen molar-refractivity contribution in [2.75, 3.05) is 11.9 Å². The average molecular weight is 295 g/mol. The van der Waals surface area contributed by atoms with Gasteiger partial charge >= 0.3 is 0 Å². The fraction of sp³-hybridized carbons (Fsp3) is 0.176. The highest BCUT2D eigenvalue weighted by Crippen LogP contribution is 2.11. The summed E-state index contributed by atoms with van der Waals surface area (Å²) in [7, 11) is 0. The van der Waals surface area contributed by atoms with Crippen LogP contribution in [-0.2, 0) is 4.79 Å². The molecule has 2 aromatic heterocycles. The molecule has 0 atom stereocenters. The zero-order valence-corrected chi connectivity index (χ0v) is 12.1. The number of hydrogen-bond donors (Lipinski definition) is 1. The lowest BCUT2D eigenvalue weighted by atomic mass is 10.3. The highest BCUT2D eigenvalue weighted by Gasteiger charge is 2.04. The van der Waals surface area contributed by atoms with Crippen LogP contribution in [0.15, 0.2) is 61.1 Å². The van der Waals surface area contributed by atoms with Gasteiger partial charge in [-0.15, -0.1) is 0 Å². The molecule has 5 heteroatoms. The van der Waals surface area contributed by atoms with Gasteiger partial charge in [0.2, 0.25) is 5.91 Å². The third-order valence-electron chi connectivity index (χ3n) is 3.23. The lowest BCUT2D eigenvalue weighted by molar-refractivity contribution is -0.116. The Bertz CT molecular complexity index is 753. The van der Waals surface area contributed by atoms with E-state index in [1.165, 1.54) is 0 Å². The van der Waals surface area contributed by atoms with Crippen molar-refractivity contribution in [1.29, 1.82) is 0 Å². The minimum atomic E-state index is -0.0175. The van der Waals surface area contributed by atoms with Gasteiger partial charge in [0.15, 0.2) is 0 Å². The summed E-state index contributed by atoms with van der Waals surface area (Å²) >= 11 is 0. The van der Waals surface area contributed by atoms with Crippen LogP contribution >= 0.6 is 0 Å². The van der Waals surface area contributed by atoms with E-state index in [0.29, 0.717) is 19.4 Å². The van der Waals surface area contributed by atoms with E-state index in [1.807, 2.05) is 59.3 Å². The largest absolute Gasteiger partial charge is 0.494 e. The maximum Gasteiger partial charge on any atom is 0.224 e. The molecular formula is C17H17N3O2. The fourth-order valence-corrected chi connectivity index (χ4v) is 2.16. The molecule has 22 heavy (non-hydrogen) atoms. The van der Waals surface area contributed by atoms with Gasteiger partial charge in [0.05, 0.1) is 12.3 Å². The molecule has 5 nitrogen and oxygen atoms in total. The summed E-state index contributed by atoms with van der Waals surface area (Å²) in [6, 6.07) is 13.3. The molecule has 0 aliphatic heterocycles. The number of anilines is 1. The molecule has 1 amide bonds. The number of amides is 1. The summed E-state index contributed by atoms with van der Waals surface area (Å²) in [6.07, 6.45) is 6.52. The van der Waals surface area contributed by atoms with Crippen molar-refractivity contribution in [3.63, 3.8) is 0 Å². The molecule has 0 aliphatic carbocycles. The molecule has 0 unspecified atom stereocenters. The monoisotopic (exact) mass is 295 g/mol. The smallest absolute Gasteiger partial charge is 0.224 e. The molecule has 3 rings (SSSR count). The molecule has 0 spiro atoms. The summed E-state index contributed by atoms with van der Waals surface area (Å²) in [5.41, 5.74) is 1.62. The number of nitrogens with zero attached hydrogens (tertiary/aromatic N) is 2. The zero-order valence-electron chi connectivity index (χ0n) is 12.1. The molecule has 0 radical (unpaired) electrons. The molecule has 3 aromatic rings. The van der Waals surface area contributed by atoms with Crippen LogP contribution in [0.5, 0.6) is 5.75 Å². The number of aromatic nitrogens is 2. The third-order valence-corrected chi connectivity index (χ3v) is 3.23. The maximum atomic E-state index is 11.9. The van der Waals surface area contributed by atoms with Gasteiger partial charge in [-0.05, 0) is 30.7 Å². The first-order chi connectivity index (χ1) is 10.8. The number of benzene rings is 1. The Balaban J connectivity index is 1.44. The van der Waals surface area contributed by atoms with E-state index in [4.69, 9.17) is 4.74 Å². The maximum absolute atomic E-state index is 11.9. The summed E-state index contributed by atoms with van der Waals surface area (Å²) in [6.45, 7) is 0.526. The van der Waals surface area contributed by atoms with Gasteiger partial charge in [-0.1, -0.05) is 18.2 Å². The van der Waals surface area contributed by atoms with Gasteiger partial charge in [-0.25, -0.2) is 4.98 Å². The number of ether oxygens (including phenoxy) is 1. The van der Waals surface area contributed by atoms with E-state index in [9.17, 15) is 4.79 Å². The van der Waals surface area contributed by atoms with Gasteiger partial charge in [0, 0.05) is 25.0 Å². The molecule has 112 valence electrons. The van der Waals surface area contributed by atoms with Gasteiger partial charge in [-0.3, -0.25) is 4.79 Å². The predicted octanol–water partition coefficient (Wildman–Crippen LogP) is 3.13. The predicted molar refractivity (Wildman–Crippen MR) is 85.0 cm³/mol. The minimum Gasteiger partial charge on any atom is -0.494 e. The highest BCUT2D eigenvalue weighted by molar-refractivity contribution is 5.90. The van der Waals surface area contributed by atoms with Crippen LogP contribution in [-0.4, -0.2) is 21.9 Å². The first-order valence-electron chi connectivity index (χ1n) is 7.22. The van der Waals surface area contributed by atoms with Crippen molar-refractivity contribution in [2.24, 2.45) is 0 Å². The Kier molecular flexibility index (Phi) is 4.34. The Labute approximate surface area is 128 Å². The molecule has 0 saturated carbocycles. The van der Waals surface area contributed by atoms with Crippen molar-refractivity contribution in [3.05, 3.63) is 61.1 Å². The Morgan fingerprint density at radius 1 is 1.18 bits per heavy atom. The van der Waals surface area contributed by atoms with E-state index in [0.717, 1.165) is 17.1 Å². The number of fused-ring (bicyclic) bond motifs is 1. The molecule has 0 aliphatic rings. The quantitative estimate of drug-likeness (QED) is 0.711. The van der Waals surface area contributed by atoms with Crippen LogP contribution in [0.4, 0.5) is 5.69 Å². The summed E-state index contributed by atoms with van der Waals surface area (Å²) in [5, 5.41) is 2.88. The Morgan fingerprint density at radius 3 is 2.91 bits per heavy atom. The number of para-hydroxylation sites is 1. The third kappa shape index (κ3) is 3.63. The van der Waals surface area contributed by atoms with Crippen LogP contribution in [0.1, 0.15) is 12.8 Å². The second-order valence-electron chi connectivity index (χ2n) is 4.92. The number of imidazole rings is 1. The zero-order chi connectivity index (χ0) is 15.2. The number of pyridine rings is 1. The molecule has 2 heterocycles. The SMILES string of the molecule is O=C(CCCOc1ccccc1)Nc1ccc2nccn2c1. The number of carbonyl (C=O) groups excluding carboxylic acids is 1. The van der Waals surface area contributed by atoms with E-state index >= 15 is 0 Å². The summed E-state index contributed by atoms with van der Waals surface area (Å²) in [4.78, 5) is 16.1. The van der Waals surface area contributed by atoms with Crippen LogP contribution in [0.2, 0.25) is 0 Å². The summed E-state index contributed by atoms with van der Waals surface area (Å²) < 4.78 is 7.43. The number of carbonyl (C=O) groups is 1. The van der Waals surface area contributed by atoms with Crippen molar-refractivity contribution in [1.82, 2.24) is 9.38 Å². The highest BCUT2D eigenvalue weighted by atomic mass is 16.5. The van der Waals surface area contributed by atoms with Crippen LogP contribution in [0, 0.1) is 0 Å². The molecular weight excluding hydrogens is 278 g/mol. The molecule has 0 saturated heterocycles. The molecule has 0 fully saturated rings. The van der Waals surface area contributed by atoms with E-state index < -0.39 is 0 Å². The fourth-order valence-electron chi connectivity index (χ4n) is 2.16. The molecule has 1 aromatic carbocycles. The van der Waals surface area contributed by atoms with Crippen molar-refractivity contribution >= 4 is 17.2 Å². The number of nitrogens with one attached hydrogen (secondary N) is 1. The van der Waals surface area contributed by atoms with E-state index in [1.54, 1.807) is 6.20 Å². The van der Waals surface area contributed by atoms with Gasteiger partial charge in [-0.2, -0.15) is 0 Å². The topological polar surface area (TPSA) is 55.6 Å². The first kappa shape index (κ1) is 14.1. The van der Waals surface area contributed by atoms with Crippen molar-refractivity contribution in [3.8, 4) is 5.75 Å². The molecule has 1 N–H and O–H groups in total. The van der Waals surface area contributed by atoms with E-state index in [-0.39, 0.29) is 5.91 Å². The summed E-state index contributed by atoms with van der Waals surface area (Å²) in [5.74, 6) is 0.810. The van der Waals surface area contributed by atoms with Crippen LogP contribution in [0.3, 0.4) is 0 Å².